The molecule has 1 N–H and O–H groups in total. The second-order valence-electron chi connectivity index (χ2n) is 5.04. The third-order valence-electron chi connectivity index (χ3n) is 3.81. The number of nitrogens with one attached hydrogen (secondary N) is 1. The molecule has 2 heterocycles. The number of hydrogen-bond donors (Lipinski definition) is 1. The van der Waals surface area contributed by atoms with E-state index in [1.165, 1.54) is 4.31 Å². The van der Waals surface area contributed by atoms with E-state index < -0.39 is 10.0 Å². The molecule has 1 fully saturated rings. The Labute approximate surface area is 123 Å². The number of aromatic nitrogens is 2. The first kappa shape index (κ1) is 14.1. The summed E-state index contributed by atoms with van der Waals surface area (Å²) in [5.41, 5.74) is 0.988. The minimum atomic E-state index is -3.44. The van der Waals surface area contributed by atoms with Crippen molar-refractivity contribution in [1.29, 1.82) is 0 Å². The number of methoxy groups -OCH3 is 1. The first-order chi connectivity index (χ1) is 10.1. The molecule has 1 aliphatic rings. The van der Waals surface area contributed by atoms with Gasteiger partial charge in [-0.25, -0.2) is 8.42 Å². The molecule has 0 saturated carbocycles. The van der Waals surface area contributed by atoms with Crippen molar-refractivity contribution >= 4 is 10.0 Å². The molecule has 7 heteroatoms. The van der Waals surface area contributed by atoms with Crippen LogP contribution in [-0.2, 0) is 10.0 Å². The third kappa shape index (κ3) is 2.66. The van der Waals surface area contributed by atoms with Crippen molar-refractivity contribution < 1.29 is 13.2 Å². The van der Waals surface area contributed by atoms with Crippen LogP contribution >= 0.6 is 0 Å². The second-order valence-corrected chi connectivity index (χ2v) is 6.97. The number of H-pyrrole nitrogens is 1. The van der Waals surface area contributed by atoms with Crippen LogP contribution in [0.25, 0.3) is 0 Å². The Bertz CT molecular complexity index is 696. The van der Waals surface area contributed by atoms with Gasteiger partial charge in [-0.1, -0.05) is 0 Å². The highest BCUT2D eigenvalue weighted by atomic mass is 32.2. The highest BCUT2D eigenvalue weighted by Gasteiger charge is 2.33. The molecule has 2 aromatic rings. The van der Waals surface area contributed by atoms with E-state index in [4.69, 9.17) is 4.74 Å². The van der Waals surface area contributed by atoms with Crippen molar-refractivity contribution in [2.45, 2.75) is 17.2 Å². The highest BCUT2D eigenvalue weighted by molar-refractivity contribution is 7.89. The quantitative estimate of drug-likeness (QED) is 0.931. The minimum absolute atomic E-state index is 0.181. The van der Waals surface area contributed by atoms with Gasteiger partial charge in [-0.15, -0.1) is 0 Å². The molecule has 1 aliphatic heterocycles. The maximum Gasteiger partial charge on any atom is 0.243 e. The lowest BCUT2D eigenvalue weighted by Gasteiger charge is -2.16. The van der Waals surface area contributed by atoms with Crippen LogP contribution in [0.5, 0.6) is 5.75 Å². The Hall–Kier alpha value is -1.86. The van der Waals surface area contributed by atoms with E-state index in [0.717, 1.165) is 12.1 Å². The monoisotopic (exact) mass is 307 g/mol. The zero-order valence-corrected chi connectivity index (χ0v) is 12.5. The number of sulfonamides is 1. The van der Waals surface area contributed by atoms with Gasteiger partial charge < -0.3 is 4.74 Å². The van der Waals surface area contributed by atoms with Crippen LogP contribution < -0.4 is 4.74 Å². The van der Waals surface area contributed by atoms with Crippen molar-refractivity contribution in [2.75, 3.05) is 20.2 Å². The van der Waals surface area contributed by atoms with E-state index in [0.29, 0.717) is 23.7 Å². The average molecular weight is 307 g/mol. The lowest BCUT2D eigenvalue weighted by Crippen LogP contribution is -2.28. The molecule has 1 aromatic heterocycles. The molecule has 0 bridgehead atoms. The minimum Gasteiger partial charge on any atom is -0.497 e. The van der Waals surface area contributed by atoms with Gasteiger partial charge in [-0.2, -0.15) is 9.40 Å². The Kier molecular flexibility index (Phi) is 3.69. The Morgan fingerprint density at radius 1 is 1.29 bits per heavy atom. The van der Waals surface area contributed by atoms with Crippen molar-refractivity contribution in [3.63, 3.8) is 0 Å². The fraction of sp³-hybridized carbons (Fsp3) is 0.357. The molecular weight excluding hydrogens is 290 g/mol. The smallest absolute Gasteiger partial charge is 0.243 e. The molecule has 6 nitrogen and oxygen atoms in total. The summed E-state index contributed by atoms with van der Waals surface area (Å²) in [7, 11) is -1.89. The second kappa shape index (κ2) is 5.50. The zero-order chi connectivity index (χ0) is 14.9. The molecule has 0 unspecified atom stereocenters. The van der Waals surface area contributed by atoms with Crippen LogP contribution in [0, 0.1) is 0 Å². The van der Waals surface area contributed by atoms with Gasteiger partial charge in [-0.05, 0) is 36.8 Å². The number of hydrogen-bond acceptors (Lipinski definition) is 4. The fourth-order valence-electron chi connectivity index (χ4n) is 2.59. The zero-order valence-electron chi connectivity index (χ0n) is 11.7. The average Bonchev–Trinajstić information content (AvgIpc) is 3.18. The molecule has 3 rings (SSSR count). The summed E-state index contributed by atoms with van der Waals surface area (Å²) in [6.07, 6.45) is 2.49. The number of ether oxygens (including phenoxy) is 1. The van der Waals surface area contributed by atoms with E-state index in [-0.39, 0.29) is 5.92 Å². The summed E-state index contributed by atoms with van der Waals surface area (Å²) < 4.78 is 31.8. The van der Waals surface area contributed by atoms with Crippen molar-refractivity contribution in [1.82, 2.24) is 14.5 Å². The van der Waals surface area contributed by atoms with Gasteiger partial charge in [0, 0.05) is 30.9 Å². The molecular formula is C14H17N3O3S. The number of nitrogens with zero attached hydrogens (tertiary/aromatic N) is 2. The van der Waals surface area contributed by atoms with E-state index in [1.54, 1.807) is 37.6 Å². The third-order valence-corrected chi connectivity index (χ3v) is 5.69. The summed E-state index contributed by atoms with van der Waals surface area (Å²) in [6.45, 7) is 1.01. The van der Waals surface area contributed by atoms with Gasteiger partial charge in [0.15, 0.2) is 0 Å². The molecule has 0 aliphatic carbocycles. The highest BCUT2D eigenvalue weighted by Crippen LogP contribution is 2.30. The van der Waals surface area contributed by atoms with Gasteiger partial charge in [0.25, 0.3) is 0 Å². The van der Waals surface area contributed by atoms with Gasteiger partial charge in [0.1, 0.15) is 5.75 Å². The summed E-state index contributed by atoms with van der Waals surface area (Å²) in [5.74, 6) is 0.825. The van der Waals surface area contributed by atoms with E-state index in [9.17, 15) is 8.42 Å². The van der Waals surface area contributed by atoms with Crippen molar-refractivity contribution in [2.24, 2.45) is 0 Å². The molecule has 0 amide bonds. The van der Waals surface area contributed by atoms with Crippen molar-refractivity contribution in [3.8, 4) is 5.75 Å². The van der Waals surface area contributed by atoms with Crippen LogP contribution in [0.3, 0.4) is 0 Å². The normalized spacial score (nSPS) is 19.8. The predicted molar refractivity (Wildman–Crippen MR) is 77.7 cm³/mol. The summed E-state index contributed by atoms with van der Waals surface area (Å²) in [4.78, 5) is 0.300. The topological polar surface area (TPSA) is 75.3 Å². The first-order valence-corrected chi connectivity index (χ1v) is 8.19. The molecule has 1 saturated heterocycles. The van der Waals surface area contributed by atoms with Crippen LogP contribution in [0.15, 0.2) is 41.4 Å². The summed E-state index contributed by atoms with van der Waals surface area (Å²) in [5, 5.41) is 6.84. The maximum atomic E-state index is 12.6. The van der Waals surface area contributed by atoms with Crippen LogP contribution in [0.2, 0.25) is 0 Å². The molecule has 1 atom stereocenters. The summed E-state index contributed by atoms with van der Waals surface area (Å²) >= 11 is 0. The molecule has 0 spiro atoms. The Balaban J connectivity index is 1.79. The van der Waals surface area contributed by atoms with E-state index in [1.807, 2.05) is 6.07 Å². The number of benzene rings is 1. The Morgan fingerprint density at radius 3 is 2.67 bits per heavy atom. The lowest BCUT2D eigenvalue weighted by atomic mass is 10.1. The first-order valence-electron chi connectivity index (χ1n) is 6.75. The largest absolute Gasteiger partial charge is 0.497 e. The van der Waals surface area contributed by atoms with E-state index >= 15 is 0 Å². The molecule has 1 aromatic carbocycles. The van der Waals surface area contributed by atoms with Crippen molar-refractivity contribution in [3.05, 3.63) is 42.2 Å². The maximum absolute atomic E-state index is 12.6. The Morgan fingerprint density at radius 2 is 2.05 bits per heavy atom. The fourth-order valence-corrected chi connectivity index (χ4v) is 4.09. The number of rotatable bonds is 4. The van der Waals surface area contributed by atoms with Gasteiger partial charge in [0.2, 0.25) is 10.0 Å². The van der Waals surface area contributed by atoms with E-state index in [2.05, 4.69) is 10.2 Å². The summed E-state index contributed by atoms with van der Waals surface area (Å²) in [6, 6.07) is 8.38. The van der Waals surface area contributed by atoms with Crippen LogP contribution in [-0.4, -0.2) is 43.1 Å². The molecule has 0 radical (unpaired) electrons. The van der Waals surface area contributed by atoms with Gasteiger partial charge in [0.05, 0.1) is 12.0 Å². The van der Waals surface area contributed by atoms with Crippen LogP contribution in [0.4, 0.5) is 0 Å². The number of aromatic amines is 1. The van der Waals surface area contributed by atoms with Crippen LogP contribution in [0.1, 0.15) is 18.0 Å². The predicted octanol–water partition coefficient (Wildman–Crippen LogP) is 1.60. The lowest BCUT2D eigenvalue weighted by molar-refractivity contribution is 0.414. The van der Waals surface area contributed by atoms with Gasteiger partial charge in [-0.3, -0.25) is 5.10 Å². The SMILES string of the molecule is COc1ccc(S(=O)(=O)N2CC[C@H](c3ccn[nH]3)C2)cc1. The molecule has 21 heavy (non-hydrogen) atoms. The standard InChI is InChI=1S/C14H17N3O3S/c1-20-12-2-4-13(5-3-12)21(18,19)17-9-7-11(10-17)14-6-8-15-16-14/h2-6,8,11H,7,9-10H2,1H3,(H,15,16)/t11-/m0/s1. The molecule has 112 valence electrons. The van der Waals surface area contributed by atoms with Gasteiger partial charge >= 0.3 is 0 Å².